The predicted molar refractivity (Wildman–Crippen MR) is 115 cm³/mol. The highest BCUT2D eigenvalue weighted by Crippen LogP contribution is 2.25. The highest BCUT2D eigenvalue weighted by Gasteiger charge is 2.21. The quantitative estimate of drug-likeness (QED) is 0.362. The molecule has 0 aromatic heterocycles. The van der Waals surface area contributed by atoms with E-state index in [9.17, 15) is 9.59 Å². The molecular formula is C25H32O4. The number of rotatable bonds is 11. The minimum absolute atomic E-state index is 0.179. The molecule has 2 aromatic carbocycles. The summed E-state index contributed by atoms with van der Waals surface area (Å²) in [5.74, 6) is -0.697. The standard InChI is InChI=1S/C25H32O4/c1-4-6-7-8-12-22(24(26)28-3)20-16-14-19(15-17-20)18-21-11-9-10-13-23(21)25(27)29-5-2/h9-11,13-17,22H,4-8,12,18H2,1-3H3. The normalized spacial score (nSPS) is 11.7. The van der Waals surface area contributed by atoms with Crippen LogP contribution in [0.1, 0.15) is 78.9 Å². The molecule has 0 saturated carbocycles. The van der Waals surface area contributed by atoms with E-state index in [0.717, 1.165) is 36.0 Å². The monoisotopic (exact) mass is 396 g/mol. The van der Waals surface area contributed by atoms with Crippen LogP contribution in [0.4, 0.5) is 0 Å². The van der Waals surface area contributed by atoms with Crippen molar-refractivity contribution in [1.82, 2.24) is 0 Å². The second-order valence-electron chi connectivity index (χ2n) is 7.22. The topological polar surface area (TPSA) is 52.6 Å². The fourth-order valence-corrected chi connectivity index (χ4v) is 3.51. The third-order valence-corrected chi connectivity index (χ3v) is 5.12. The van der Waals surface area contributed by atoms with Gasteiger partial charge in [0.1, 0.15) is 0 Å². The Hall–Kier alpha value is -2.62. The summed E-state index contributed by atoms with van der Waals surface area (Å²) in [6, 6.07) is 15.6. The molecule has 0 amide bonds. The van der Waals surface area contributed by atoms with Crippen LogP contribution in [0.5, 0.6) is 0 Å². The Morgan fingerprint density at radius 1 is 0.931 bits per heavy atom. The van der Waals surface area contributed by atoms with Crippen molar-refractivity contribution in [2.24, 2.45) is 0 Å². The number of benzene rings is 2. The zero-order valence-electron chi connectivity index (χ0n) is 17.8. The first-order valence-electron chi connectivity index (χ1n) is 10.5. The number of hydrogen-bond acceptors (Lipinski definition) is 4. The van der Waals surface area contributed by atoms with Crippen LogP contribution in [0, 0.1) is 0 Å². The van der Waals surface area contributed by atoms with E-state index in [1.807, 2.05) is 42.5 Å². The summed E-state index contributed by atoms with van der Waals surface area (Å²) in [5, 5.41) is 0. The minimum Gasteiger partial charge on any atom is -0.469 e. The van der Waals surface area contributed by atoms with Crippen molar-refractivity contribution in [2.75, 3.05) is 13.7 Å². The summed E-state index contributed by atoms with van der Waals surface area (Å²) in [4.78, 5) is 24.4. The Kier molecular flexibility index (Phi) is 9.42. The molecule has 156 valence electrons. The average Bonchev–Trinajstić information content (AvgIpc) is 2.74. The number of esters is 2. The molecule has 29 heavy (non-hydrogen) atoms. The van der Waals surface area contributed by atoms with Gasteiger partial charge in [0.2, 0.25) is 0 Å². The van der Waals surface area contributed by atoms with Gasteiger partial charge in [-0.05, 0) is 42.5 Å². The lowest BCUT2D eigenvalue weighted by Gasteiger charge is -2.16. The van der Waals surface area contributed by atoms with Gasteiger partial charge in [0, 0.05) is 0 Å². The predicted octanol–water partition coefficient (Wildman–Crippen LogP) is 5.68. The minimum atomic E-state index is -0.294. The zero-order valence-corrected chi connectivity index (χ0v) is 17.8. The molecule has 0 saturated heterocycles. The van der Waals surface area contributed by atoms with Crippen LogP contribution < -0.4 is 0 Å². The summed E-state index contributed by atoms with van der Waals surface area (Å²) in [7, 11) is 1.45. The molecule has 0 aliphatic heterocycles. The third kappa shape index (κ3) is 6.74. The smallest absolute Gasteiger partial charge is 0.338 e. The van der Waals surface area contributed by atoms with Crippen LogP contribution >= 0.6 is 0 Å². The molecule has 0 N–H and O–H groups in total. The Morgan fingerprint density at radius 2 is 1.66 bits per heavy atom. The zero-order chi connectivity index (χ0) is 21.1. The van der Waals surface area contributed by atoms with Crippen molar-refractivity contribution < 1.29 is 19.1 Å². The second kappa shape index (κ2) is 12.1. The van der Waals surface area contributed by atoms with Gasteiger partial charge in [-0.2, -0.15) is 0 Å². The van der Waals surface area contributed by atoms with Gasteiger partial charge >= 0.3 is 11.9 Å². The Bertz CT molecular complexity index is 780. The molecule has 2 rings (SSSR count). The van der Waals surface area contributed by atoms with Crippen molar-refractivity contribution in [3.8, 4) is 0 Å². The van der Waals surface area contributed by atoms with Crippen LogP contribution in [-0.4, -0.2) is 25.7 Å². The van der Waals surface area contributed by atoms with Crippen molar-refractivity contribution in [3.63, 3.8) is 0 Å². The first-order chi connectivity index (χ1) is 14.1. The molecule has 0 fully saturated rings. The van der Waals surface area contributed by atoms with E-state index < -0.39 is 0 Å². The second-order valence-corrected chi connectivity index (χ2v) is 7.22. The Balaban J connectivity index is 2.12. The van der Waals surface area contributed by atoms with Crippen molar-refractivity contribution in [1.29, 1.82) is 0 Å². The lowest BCUT2D eigenvalue weighted by Crippen LogP contribution is -2.14. The van der Waals surface area contributed by atoms with Gasteiger partial charge in [0.25, 0.3) is 0 Å². The molecule has 1 atom stereocenters. The Labute approximate surface area is 174 Å². The Morgan fingerprint density at radius 3 is 2.31 bits per heavy atom. The van der Waals surface area contributed by atoms with Gasteiger partial charge < -0.3 is 9.47 Å². The highest BCUT2D eigenvalue weighted by atomic mass is 16.5. The molecule has 0 aliphatic rings. The van der Waals surface area contributed by atoms with Crippen molar-refractivity contribution in [3.05, 3.63) is 70.8 Å². The number of hydrogen-bond donors (Lipinski definition) is 0. The third-order valence-electron chi connectivity index (χ3n) is 5.12. The van der Waals surface area contributed by atoms with E-state index in [2.05, 4.69) is 6.92 Å². The lowest BCUT2D eigenvalue weighted by molar-refractivity contribution is -0.142. The van der Waals surface area contributed by atoms with Gasteiger partial charge in [-0.3, -0.25) is 4.79 Å². The summed E-state index contributed by atoms with van der Waals surface area (Å²) in [6.07, 6.45) is 5.94. The lowest BCUT2D eigenvalue weighted by atomic mass is 9.91. The van der Waals surface area contributed by atoms with Crippen LogP contribution in [0.25, 0.3) is 0 Å². The summed E-state index contributed by atoms with van der Waals surface area (Å²) in [6.45, 7) is 4.34. The van der Waals surface area contributed by atoms with E-state index in [1.165, 1.54) is 20.0 Å². The largest absolute Gasteiger partial charge is 0.469 e. The maximum atomic E-state index is 12.3. The molecule has 0 radical (unpaired) electrons. The number of methoxy groups -OCH3 is 1. The summed E-state index contributed by atoms with van der Waals surface area (Å²) < 4.78 is 10.2. The number of carbonyl (C=O) groups is 2. The first-order valence-corrected chi connectivity index (χ1v) is 10.5. The number of ether oxygens (including phenoxy) is 2. The molecule has 4 heteroatoms. The van der Waals surface area contributed by atoms with Gasteiger partial charge in [-0.25, -0.2) is 4.79 Å². The summed E-state index contributed by atoms with van der Waals surface area (Å²) >= 11 is 0. The average molecular weight is 397 g/mol. The molecule has 0 bridgehead atoms. The molecule has 0 spiro atoms. The van der Waals surface area contributed by atoms with Gasteiger partial charge in [-0.15, -0.1) is 0 Å². The van der Waals surface area contributed by atoms with Gasteiger partial charge in [-0.1, -0.05) is 75.1 Å². The van der Waals surface area contributed by atoms with Crippen LogP contribution in [-0.2, 0) is 20.7 Å². The van der Waals surface area contributed by atoms with E-state index >= 15 is 0 Å². The van der Waals surface area contributed by atoms with Crippen molar-refractivity contribution in [2.45, 2.75) is 58.3 Å². The molecule has 2 aromatic rings. The van der Waals surface area contributed by atoms with E-state index in [0.29, 0.717) is 18.6 Å². The molecular weight excluding hydrogens is 364 g/mol. The number of unbranched alkanes of at least 4 members (excludes halogenated alkanes) is 3. The van der Waals surface area contributed by atoms with E-state index in [-0.39, 0.29) is 17.9 Å². The van der Waals surface area contributed by atoms with Crippen LogP contribution in [0.3, 0.4) is 0 Å². The van der Waals surface area contributed by atoms with E-state index in [4.69, 9.17) is 9.47 Å². The maximum absolute atomic E-state index is 12.3. The van der Waals surface area contributed by atoms with Gasteiger partial charge in [0.05, 0.1) is 25.2 Å². The fourth-order valence-electron chi connectivity index (χ4n) is 3.51. The fraction of sp³-hybridized carbons (Fsp3) is 0.440. The maximum Gasteiger partial charge on any atom is 0.338 e. The molecule has 1 unspecified atom stereocenters. The van der Waals surface area contributed by atoms with Crippen LogP contribution in [0.2, 0.25) is 0 Å². The van der Waals surface area contributed by atoms with E-state index in [1.54, 1.807) is 13.0 Å². The highest BCUT2D eigenvalue weighted by molar-refractivity contribution is 5.91. The molecule has 0 heterocycles. The summed E-state index contributed by atoms with van der Waals surface area (Å²) in [5.41, 5.74) is 3.60. The van der Waals surface area contributed by atoms with Gasteiger partial charge in [0.15, 0.2) is 0 Å². The molecule has 0 aliphatic carbocycles. The first kappa shape index (κ1) is 22.7. The molecule has 4 nitrogen and oxygen atoms in total. The van der Waals surface area contributed by atoms with Crippen LogP contribution in [0.15, 0.2) is 48.5 Å². The number of carbonyl (C=O) groups excluding carboxylic acids is 2. The van der Waals surface area contributed by atoms with Crippen molar-refractivity contribution >= 4 is 11.9 Å². The SMILES string of the molecule is CCCCCCC(C(=O)OC)c1ccc(Cc2ccccc2C(=O)OCC)cc1.